The lowest BCUT2D eigenvalue weighted by Gasteiger charge is -2.14. The van der Waals surface area contributed by atoms with Gasteiger partial charge in [0.1, 0.15) is 13.2 Å². The molecule has 7 nitrogen and oxygen atoms in total. The Balaban J connectivity index is 1.74. The van der Waals surface area contributed by atoms with Gasteiger partial charge in [-0.25, -0.2) is 0 Å². The van der Waals surface area contributed by atoms with E-state index in [9.17, 15) is 27.6 Å². The molecule has 35 heavy (non-hydrogen) atoms. The van der Waals surface area contributed by atoms with Gasteiger partial charge in [0.15, 0.2) is 11.5 Å². The number of amides is 3. The van der Waals surface area contributed by atoms with E-state index < -0.39 is 35.3 Å². The quantitative estimate of drug-likeness (QED) is 0.323. The minimum absolute atomic E-state index is 0.0654. The molecule has 3 rings (SSSR count). The zero-order valence-electron chi connectivity index (χ0n) is 18.1. The smallest absolute Gasteiger partial charge is 0.416 e. The average Bonchev–Trinajstić information content (AvgIpc) is 3.04. The van der Waals surface area contributed by atoms with Gasteiger partial charge in [-0.05, 0) is 69.7 Å². The Morgan fingerprint density at radius 3 is 2.66 bits per heavy atom. The number of rotatable bonds is 8. The predicted molar refractivity (Wildman–Crippen MR) is 129 cm³/mol. The summed E-state index contributed by atoms with van der Waals surface area (Å²) in [5.74, 6) is -0.710. The van der Waals surface area contributed by atoms with E-state index >= 15 is 0 Å². The van der Waals surface area contributed by atoms with E-state index in [4.69, 9.17) is 9.47 Å². The molecule has 0 saturated carbocycles. The summed E-state index contributed by atoms with van der Waals surface area (Å²) >= 11 is 4.02. The van der Waals surface area contributed by atoms with Gasteiger partial charge in [-0.1, -0.05) is 18.7 Å². The fraction of sp³-hybridized carbons (Fsp3) is 0.174. The molecule has 2 aromatic carbocycles. The van der Waals surface area contributed by atoms with Crippen molar-refractivity contribution in [2.45, 2.75) is 6.18 Å². The van der Waals surface area contributed by atoms with Gasteiger partial charge in [-0.2, -0.15) is 13.2 Å². The molecule has 1 saturated heterocycles. The van der Waals surface area contributed by atoms with Crippen LogP contribution < -0.4 is 14.8 Å². The number of methoxy groups -OCH3 is 1. The summed E-state index contributed by atoms with van der Waals surface area (Å²) in [6.45, 7) is 3.18. The molecule has 0 unspecified atom stereocenters. The van der Waals surface area contributed by atoms with Crippen molar-refractivity contribution in [3.63, 3.8) is 0 Å². The largest absolute Gasteiger partial charge is 0.493 e. The van der Waals surface area contributed by atoms with Crippen molar-refractivity contribution < 1.29 is 37.0 Å². The zero-order chi connectivity index (χ0) is 25.8. The fourth-order valence-electron chi connectivity index (χ4n) is 3.01. The van der Waals surface area contributed by atoms with E-state index in [1.165, 1.54) is 19.3 Å². The van der Waals surface area contributed by atoms with Crippen LogP contribution in [0.25, 0.3) is 6.08 Å². The Morgan fingerprint density at radius 1 is 1.26 bits per heavy atom. The van der Waals surface area contributed by atoms with Crippen LogP contribution in [0.1, 0.15) is 11.1 Å². The van der Waals surface area contributed by atoms with Crippen molar-refractivity contribution in [3.8, 4) is 11.5 Å². The van der Waals surface area contributed by atoms with Crippen LogP contribution in [0.4, 0.5) is 23.7 Å². The number of imide groups is 1. The van der Waals surface area contributed by atoms with Gasteiger partial charge in [0.2, 0.25) is 5.91 Å². The lowest BCUT2D eigenvalue weighted by atomic mass is 10.2. The predicted octanol–water partition coefficient (Wildman–Crippen LogP) is 5.72. The highest BCUT2D eigenvalue weighted by Gasteiger charge is 2.36. The summed E-state index contributed by atoms with van der Waals surface area (Å²) in [7, 11) is 1.45. The van der Waals surface area contributed by atoms with E-state index in [0.29, 0.717) is 38.2 Å². The maximum atomic E-state index is 12.9. The Bertz CT molecular complexity index is 1220. The number of benzene rings is 2. The fourth-order valence-corrected chi connectivity index (χ4v) is 4.42. The van der Waals surface area contributed by atoms with Crippen LogP contribution in [0.3, 0.4) is 0 Å². The number of hydrogen-bond acceptors (Lipinski definition) is 6. The van der Waals surface area contributed by atoms with Crippen LogP contribution in [0, 0.1) is 0 Å². The molecule has 0 aliphatic carbocycles. The number of halogens is 4. The molecule has 2 aromatic rings. The molecule has 184 valence electrons. The van der Waals surface area contributed by atoms with Crippen molar-refractivity contribution in [2.24, 2.45) is 0 Å². The number of thioether (sulfide) groups is 1. The van der Waals surface area contributed by atoms with E-state index in [1.807, 2.05) is 0 Å². The molecule has 1 aliphatic rings. The number of anilines is 1. The highest BCUT2D eigenvalue weighted by atomic mass is 79.9. The second kappa shape index (κ2) is 11.0. The Hall–Kier alpha value is -3.25. The van der Waals surface area contributed by atoms with Crippen LogP contribution in [0.15, 0.2) is 58.4 Å². The molecule has 3 amide bonds. The van der Waals surface area contributed by atoms with Crippen LogP contribution in [0.2, 0.25) is 0 Å². The van der Waals surface area contributed by atoms with Crippen LogP contribution in [-0.4, -0.2) is 42.2 Å². The van der Waals surface area contributed by atoms with E-state index in [2.05, 4.69) is 27.8 Å². The first kappa shape index (κ1) is 26.4. The van der Waals surface area contributed by atoms with Gasteiger partial charge in [0, 0.05) is 5.69 Å². The standard InChI is InChI=1S/C23H18BrF3N2O5S/c1-3-7-34-20-16(24)8-13(9-17(20)33-2)10-18-21(31)29(22(32)35-18)12-19(30)28-15-6-4-5-14(11-15)23(25,26)27/h3-6,8-11H,1,7,12H2,2H3,(H,28,30)/b18-10-. The Labute approximate surface area is 211 Å². The third kappa shape index (κ3) is 6.45. The summed E-state index contributed by atoms with van der Waals surface area (Å²) in [4.78, 5) is 38.2. The molecular formula is C23H18BrF3N2O5S. The molecule has 1 N–H and O–H groups in total. The summed E-state index contributed by atoms with van der Waals surface area (Å²) in [6.07, 6.45) is -1.55. The first-order chi connectivity index (χ1) is 16.5. The van der Waals surface area contributed by atoms with Crippen molar-refractivity contribution in [3.05, 3.63) is 69.6 Å². The highest BCUT2D eigenvalue weighted by Crippen LogP contribution is 2.39. The summed E-state index contributed by atoms with van der Waals surface area (Å²) < 4.78 is 50.0. The van der Waals surface area contributed by atoms with Crippen molar-refractivity contribution >= 4 is 56.5 Å². The van der Waals surface area contributed by atoms with E-state index in [-0.39, 0.29) is 17.2 Å². The van der Waals surface area contributed by atoms with Gasteiger partial charge in [0.25, 0.3) is 11.1 Å². The zero-order valence-corrected chi connectivity index (χ0v) is 20.6. The van der Waals surface area contributed by atoms with Crippen LogP contribution in [-0.2, 0) is 15.8 Å². The van der Waals surface area contributed by atoms with E-state index in [0.717, 1.165) is 18.2 Å². The monoisotopic (exact) mass is 570 g/mol. The maximum Gasteiger partial charge on any atom is 0.416 e. The highest BCUT2D eigenvalue weighted by molar-refractivity contribution is 9.10. The van der Waals surface area contributed by atoms with Gasteiger partial charge in [-0.15, -0.1) is 0 Å². The van der Waals surface area contributed by atoms with E-state index in [1.54, 1.807) is 18.2 Å². The second-order valence-electron chi connectivity index (χ2n) is 7.03. The first-order valence-electron chi connectivity index (χ1n) is 9.87. The van der Waals surface area contributed by atoms with Crippen molar-refractivity contribution in [1.82, 2.24) is 4.90 Å². The third-order valence-corrected chi connectivity index (χ3v) is 6.04. The van der Waals surface area contributed by atoms with Crippen LogP contribution >= 0.6 is 27.7 Å². The van der Waals surface area contributed by atoms with Gasteiger partial charge in [0.05, 0.1) is 22.1 Å². The Kier molecular flexibility index (Phi) is 8.28. The number of nitrogens with zero attached hydrogens (tertiary/aromatic N) is 1. The first-order valence-corrected chi connectivity index (χ1v) is 11.5. The second-order valence-corrected chi connectivity index (χ2v) is 8.88. The third-order valence-electron chi connectivity index (χ3n) is 4.54. The number of carbonyl (C=O) groups excluding carboxylic acids is 3. The molecule has 0 aromatic heterocycles. The van der Waals surface area contributed by atoms with Gasteiger partial charge >= 0.3 is 6.18 Å². The molecule has 1 fully saturated rings. The number of nitrogens with one attached hydrogen (secondary N) is 1. The van der Waals surface area contributed by atoms with Crippen molar-refractivity contribution in [1.29, 1.82) is 0 Å². The molecule has 0 bridgehead atoms. The average molecular weight is 571 g/mol. The molecule has 0 radical (unpaired) electrons. The summed E-state index contributed by atoms with van der Waals surface area (Å²) in [5.41, 5.74) is -0.520. The SMILES string of the molecule is C=CCOc1c(Br)cc(/C=C2\SC(=O)N(CC(=O)Nc3cccc(C(F)(F)F)c3)C2=O)cc1OC. The van der Waals surface area contributed by atoms with Gasteiger partial charge < -0.3 is 14.8 Å². The molecule has 1 heterocycles. The van der Waals surface area contributed by atoms with Crippen LogP contribution in [0.5, 0.6) is 11.5 Å². The molecular weight excluding hydrogens is 553 g/mol. The number of ether oxygens (including phenoxy) is 2. The van der Waals surface area contributed by atoms with Gasteiger partial charge in [-0.3, -0.25) is 19.3 Å². The minimum atomic E-state index is -4.58. The van der Waals surface area contributed by atoms with Crippen molar-refractivity contribution in [2.75, 3.05) is 25.6 Å². The molecule has 12 heteroatoms. The number of hydrogen-bond donors (Lipinski definition) is 1. The lowest BCUT2D eigenvalue weighted by molar-refractivity contribution is -0.137. The normalized spacial score (nSPS) is 14.9. The minimum Gasteiger partial charge on any atom is -0.493 e. The summed E-state index contributed by atoms with van der Waals surface area (Å²) in [5, 5.41) is 1.59. The summed E-state index contributed by atoms with van der Waals surface area (Å²) in [6, 6.07) is 7.31. The lowest BCUT2D eigenvalue weighted by Crippen LogP contribution is -2.36. The molecule has 1 aliphatic heterocycles. The maximum absolute atomic E-state index is 12.9. The number of alkyl halides is 3. The Morgan fingerprint density at radius 2 is 2.00 bits per heavy atom. The molecule has 0 atom stereocenters. The number of carbonyl (C=O) groups is 3. The molecule has 0 spiro atoms. The topological polar surface area (TPSA) is 84.9 Å².